The second kappa shape index (κ2) is 7.45. The first-order valence-corrected chi connectivity index (χ1v) is 7.74. The zero-order valence-electron chi connectivity index (χ0n) is 13.9. The van der Waals surface area contributed by atoms with Crippen molar-refractivity contribution < 1.29 is 9.53 Å². The molecule has 1 aliphatic heterocycles. The molecule has 2 heterocycles. The summed E-state index contributed by atoms with van der Waals surface area (Å²) in [6, 6.07) is 1.45. The van der Waals surface area contributed by atoms with Crippen LogP contribution in [0.15, 0.2) is 15.7 Å². The molecule has 0 radical (unpaired) electrons. The van der Waals surface area contributed by atoms with Crippen molar-refractivity contribution in [2.75, 3.05) is 38.3 Å². The summed E-state index contributed by atoms with van der Waals surface area (Å²) in [4.78, 5) is 38.1. The lowest BCUT2D eigenvalue weighted by molar-refractivity contribution is -0.125. The Kier molecular flexibility index (Phi) is 5.59. The highest BCUT2D eigenvalue weighted by Crippen LogP contribution is 2.21. The largest absolute Gasteiger partial charge is 0.383 e. The molecule has 1 aromatic rings. The van der Waals surface area contributed by atoms with Gasteiger partial charge < -0.3 is 15.0 Å². The molecule has 1 fully saturated rings. The van der Waals surface area contributed by atoms with Gasteiger partial charge in [-0.3, -0.25) is 18.7 Å². The van der Waals surface area contributed by atoms with Crippen molar-refractivity contribution >= 4 is 11.7 Å². The number of methoxy groups -OCH3 is 1. The summed E-state index contributed by atoms with van der Waals surface area (Å²) in [6.45, 7) is 2.18. The van der Waals surface area contributed by atoms with Crippen molar-refractivity contribution in [1.29, 1.82) is 0 Å². The van der Waals surface area contributed by atoms with Gasteiger partial charge in [-0.05, 0) is 12.8 Å². The van der Waals surface area contributed by atoms with Gasteiger partial charge in [0.05, 0.1) is 12.5 Å². The highest BCUT2D eigenvalue weighted by molar-refractivity contribution is 5.79. The lowest BCUT2D eigenvalue weighted by Gasteiger charge is -2.34. The van der Waals surface area contributed by atoms with E-state index in [-0.39, 0.29) is 23.1 Å². The number of aromatic nitrogens is 2. The van der Waals surface area contributed by atoms with Crippen LogP contribution in [0, 0.1) is 5.92 Å². The summed E-state index contributed by atoms with van der Waals surface area (Å²) in [5.74, 6) is 0.396. The Labute approximate surface area is 134 Å². The van der Waals surface area contributed by atoms with Crippen LogP contribution in [-0.4, -0.2) is 48.4 Å². The van der Waals surface area contributed by atoms with Crippen LogP contribution in [-0.2, 0) is 23.6 Å². The first-order valence-electron chi connectivity index (χ1n) is 7.74. The minimum Gasteiger partial charge on any atom is -0.383 e. The van der Waals surface area contributed by atoms with E-state index in [9.17, 15) is 14.4 Å². The average molecular weight is 324 g/mol. The smallest absolute Gasteiger partial charge is 0.332 e. The molecule has 1 aromatic heterocycles. The standard InChI is InChI=1S/C15H24N4O4/c1-17-12(9-13(20)18(2)15(17)22)19-7-4-5-11(10-19)14(21)16-6-8-23-3/h9,11H,4-8,10H2,1-3H3,(H,16,21)/t11-/m0/s1. The number of ether oxygens (including phenoxy) is 1. The number of hydrogen-bond donors (Lipinski definition) is 1. The first kappa shape index (κ1) is 17.3. The Balaban J connectivity index is 2.14. The lowest BCUT2D eigenvalue weighted by atomic mass is 9.97. The Morgan fingerprint density at radius 2 is 2.09 bits per heavy atom. The van der Waals surface area contributed by atoms with Gasteiger partial charge in [0.2, 0.25) is 5.91 Å². The van der Waals surface area contributed by atoms with Crippen LogP contribution in [0.3, 0.4) is 0 Å². The van der Waals surface area contributed by atoms with E-state index in [2.05, 4.69) is 5.32 Å². The Bertz CT molecular complexity index is 679. The maximum absolute atomic E-state index is 12.2. The maximum Gasteiger partial charge on any atom is 0.332 e. The van der Waals surface area contributed by atoms with E-state index < -0.39 is 0 Å². The monoisotopic (exact) mass is 324 g/mol. The van der Waals surface area contributed by atoms with Gasteiger partial charge >= 0.3 is 5.69 Å². The van der Waals surface area contributed by atoms with E-state index >= 15 is 0 Å². The molecule has 1 saturated heterocycles. The number of hydrogen-bond acceptors (Lipinski definition) is 5. The molecule has 0 unspecified atom stereocenters. The molecule has 1 amide bonds. The molecule has 8 nitrogen and oxygen atoms in total. The van der Waals surface area contributed by atoms with Gasteiger partial charge in [-0.15, -0.1) is 0 Å². The fourth-order valence-electron chi connectivity index (χ4n) is 2.84. The van der Waals surface area contributed by atoms with E-state index in [1.807, 2.05) is 4.90 Å². The number of rotatable bonds is 5. The maximum atomic E-state index is 12.2. The number of carbonyl (C=O) groups is 1. The number of nitrogens with one attached hydrogen (secondary N) is 1. The van der Waals surface area contributed by atoms with Crippen molar-refractivity contribution in [3.05, 3.63) is 26.9 Å². The van der Waals surface area contributed by atoms with Gasteiger partial charge in [0.1, 0.15) is 5.82 Å². The molecular weight excluding hydrogens is 300 g/mol. The van der Waals surface area contributed by atoms with Crippen LogP contribution in [0.5, 0.6) is 0 Å². The zero-order valence-corrected chi connectivity index (χ0v) is 13.9. The fraction of sp³-hybridized carbons (Fsp3) is 0.667. The summed E-state index contributed by atoms with van der Waals surface area (Å²) < 4.78 is 7.45. The van der Waals surface area contributed by atoms with Crippen LogP contribution in [0.2, 0.25) is 0 Å². The Morgan fingerprint density at radius 3 is 2.78 bits per heavy atom. The van der Waals surface area contributed by atoms with Gasteiger partial charge in [-0.25, -0.2) is 4.79 Å². The molecule has 0 aliphatic carbocycles. The first-order chi connectivity index (χ1) is 11.0. The van der Waals surface area contributed by atoms with E-state index in [0.717, 1.165) is 24.0 Å². The van der Waals surface area contributed by atoms with Crippen molar-refractivity contribution in [1.82, 2.24) is 14.5 Å². The molecule has 0 saturated carbocycles. The van der Waals surface area contributed by atoms with Crippen molar-refractivity contribution in [3.8, 4) is 0 Å². The van der Waals surface area contributed by atoms with Crippen LogP contribution >= 0.6 is 0 Å². The summed E-state index contributed by atoms with van der Waals surface area (Å²) in [7, 11) is 4.68. The third-order valence-corrected chi connectivity index (χ3v) is 4.22. The van der Waals surface area contributed by atoms with E-state index in [1.54, 1.807) is 14.2 Å². The van der Waals surface area contributed by atoms with Crippen LogP contribution in [0.25, 0.3) is 0 Å². The molecule has 2 rings (SSSR count). The second-order valence-electron chi connectivity index (χ2n) is 5.81. The average Bonchev–Trinajstić information content (AvgIpc) is 2.56. The van der Waals surface area contributed by atoms with Crippen molar-refractivity contribution in [3.63, 3.8) is 0 Å². The number of piperidine rings is 1. The summed E-state index contributed by atoms with van der Waals surface area (Å²) in [5, 5.41) is 2.85. The van der Waals surface area contributed by atoms with Gasteiger partial charge in [0.25, 0.3) is 5.56 Å². The topological polar surface area (TPSA) is 85.6 Å². The van der Waals surface area contributed by atoms with Gasteiger partial charge in [-0.1, -0.05) is 0 Å². The van der Waals surface area contributed by atoms with Crippen LogP contribution in [0.1, 0.15) is 12.8 Å². The van der Waals surface area contributed by atoms with Crippen molar-refractivity contribution in [2.24, 2.45) is 20.0 Å². The number of nitrogens with zero attached hydrogens (tertiary/aromatic N) is 3. The molecule has 8 heteroatoms. The van der Waals surface area contributed by atoms with E-state index in [1.165, 1.54) is 17.7 Å². The van der Waals surface area contributed by atoms with Crippen LogP contribution < -0.4 is 21.5 Å². The minimum absolute atomic E-state index is 0.0133. The third kappa shape index (κ3) is 3.82. The quantitative estimate of drug-likeness (QED) is 0.707. The Morgan fingerprint density at radius 1 is 1.35 bits per heavy atom. The normalized spacial score (nSPS) is 18.0. The van der Waals surface area contributed by atoms with E-state index in [4.69, 9.17) is 4.74 Å². The molecule has 1 aliphatic rings. The SMILES string of the molecule is COCCNC(=O)[C@H]1CCCN(c2cc(=O)n(C)c(=O)n2C)C1. The van der Waals surface area contributed by atoms with E-state index in [0.29, 0.717) is 25.5 Å². The second-order valence-corrected chi connectivity index (χ2v) is 5.81. The summed E-state index contributed by atoms with van der Waals surface area (Å²) >= 11 is 0. The number of amides is 1. The molecule has 0 aromatic carbocycles. The third-order valence-electron chi connectivity index (χ3n) is 4.22. The highest BCUT2D eigenvalue weighted by Gasteiger charge is 2.27. The molecule has 128 valence electrons. The molecule has 0 bridgehead atoms. The fourth-order valence-corrected chi connectivity index (χ4v) is 2.84. The minimum atomic E-state index is -0.362. The summed E-state index contributed by atoms with van der Waals surface area (Å²) in [5.41, 5.74) is -0.700. The van der Waals surface area contributed by atoms with Crippen molar-refractivity contribution in [2.45, 2.75) is 12.8 Å². The zero-order chi connectivity index (χ0) is 17.0. The highest BCUT2D eigenvalue weighted by atomic mass is 16.5. The lowest BCUT2D eigenvalue weighted by Crippen LogP contribution is -2.47. The predicted molar refractivity (Wildman–Crippen MR) is 86.7 cm³/mol. The van der Waals surface area contributed by atoms with Gasteiger partial charge in [0.15, 0.2) is 0 Å². The number of carbonyl (C=O) groups excluding carboxylic acids is 1. The van der Waals surface area contributed by atoms with Gasteiger partial charge in [0, 0.05) is 46.9 Å². The molecule has 1 atom stereocenters. The molecule has 1 N–H and O–H groups in total. The predicted octanol–water partition coefficient (Wildman–Crippen LogP) is -0.937. The number of anilines is 1. The van der Waals surface area contributed by atoms with Crippen LogP contribution in [0.4, 0.5) is 5.82 Å². The molecular formula is C15H24N4O4. The Hall–Kier alpha value is -2.09. The molecule has 0 spiro atoms. The summed E-state index contributed by atoms with van der Waals surface area (Å²) in [6.07, 6.45) is 1.64. The molecule has 23 heavy (non-hydrogen) atoms. The van der Waals surface area contributed by atoms with Gasteiger partial charge in [-0.2, -0.15) is 0 Å².